The molecule has 1 atom stereocenters. The molecule has 7 heteroatoms. The normalized spacial score (nSPS) is 25.3. The van der Waals surface area contributed by atoms with E-state index in [4.69, 9.17) is 0 Å². The molecule has 2 fully saturated rings. The molecule has 0 saturated heterocycles. The van der Waals surface area contributed by atoms with Crippen LogP contribution in [0.3, 0.4) is 0 Å². The maximum absolute atomic E-state index is 13.3. The van der Waals surface area contributed by atoms with E-state index >= 15 is 0 Å². The van der Waals surface area contributed by atoms with Crippen molar-refractivity contribution < 1.29 is 4.21 Å². The summed E-state index contributed by atoms with van der Waals surface area (Å²) in [7, 11) is 0.141. The molecule has 0 bridgehead atoms. The Kier molecular flexibility index (Phi) is 5.39. The minimum atomic E-state index is -2.00. The maximum Gasteiger partial charge on any atom is 0.142 e. The Labute approximate surface area is 162 Å². The third-order valence-electron chi connectivity index (χ3n) is 6.08. The van der Waals surface area contributed by atoms with Gasteiger partial charge in [-0.05, 0) is 63.4 Å². The van der Waals surface area contributed by atoms with Crippen molar-refractivity contribution in [3.63, 3.8) is 0 Å². The van der Waals surface area contributed by atoms with Crippen LogP contribution in [-0.4, -0.2) is 50.3 Å². The molecule has 2 aromatic rings. The molecule has 2 heterocycles. The smallest absolute Gasteiger partial charge is 0.142 e. The number of nitrogens with zero attached hydrogens (tertiary/aromatic N) is 4. The molecular formula is C20H31N5OS. The van der Waals surface area contributed by atoms with Gasteiger partial charge < -0.3 is 9.88 Å². The number of aromatic amines is 1. The lowest BCUT2D eigenvalue weighted by atomic mass is 9.86. The third-order valence-corrected chi connectivity index (χ3v) is 8.80. The second kappa shape index (κ2) is 7.78. The lowest BCUT2D eigenvalue weighted by Gasteiger charge is -2.35. The molecule has 6 nitrogen and oxygen atoms in total. The Morgan fingerprint density at radius 3 is 2.44 bits per heavy atom. The quantitative estimate of drug-likeness (QED) is 0.780. The van der Waals surface area contributed by atoms with Gasteiger partial charge in [-0.3, -0.25) is 0 Å². The Morgan fingerprint density at radius 1 is 1.15 bits per heavy atom. The molecule has 0 radical (unpaired) electrons. The topological polar surface area (TPSA) is 74.2 Å². The Bertz CT molecular complexity index is 889. The zero-order chi connectivity index (χ0) is 18.9. The van der Waals surface area contributed by atoms with Crippen LogP contribution in [0.1, 0.15) is 45.4 Å². The molecule has 2 aromatic heterocycles. The number of H-pyrrole nitrogens is 1. The molecule has 0 spiro atoms. The SMILES string of the molecule is CCN=S(=O)(CC1CC1)CC1CCC(N(C)c2ncnc3[nH]ccc23)CC1. The van der Waals surface area contributed by atoms with Crippen molar-refractivity contribution in [2.24, 2.45) is 16.2 Å². The van der Waals surface area contributed by atoms with Crippen LogP contribution >= 0.6 is 0 Å². The summed E-state index contributed by atoms with van der Waals surface area (Å²) in [5, 5.41) is 1.08. The van der Waals surface area contributed by atoms with E-state index in [1.54, 1.807) is 6.33 Å². The van der Waals surface area contributed by atoms with E-state index in [0.717, 1.165) is 54.0 Å². The first-order valence-electron chi connectivity index (χ1n) is 10.3. The number of anilines is 1. The number of hydrogen-bond donors (Lipinski definition) is 1. The Hall–Kier alpha value is -1.63. The van der Waals surface area contributed by atoms with Crippen molar-refractivity contribution >= 4 is 26.6 Å². The predicted molar refractivity (Wildman–Crippen MR) is 112 cm³/mol. The second-order valence-corrected chi connectivity index (χ2v) is 10.7. The zero-order valence-corrected chi connectivity index (χ0v) is 17.2. The predicted octanol–water partition coefficient (Wildman–Crippen LogP) is 3.85. The van der Waals surface area contributed by atoms with E-state index in [-0.39, 0.29) is 0 Å². The van der Waals surface area contributed by atoms with Crippen molar-refractivity contribution in [3.8, 4) is 0 Å². The van der Waals surface area contributed by atoms with E-state index in [1.807, 2.05) is 19.2 Å². The van der Waals surface area contributed by atoms with E-state index in [0.29, 0.717) is 24.4 Å². The minimum absolute atomic E-state index is 0.483. The average Bonchev–Trinajstić information content (AvgIpc) is 3.32. The molecule has 2 saturated carbocycles. The highest BCUT2D eigenvalue weighted by Gasteiger charge is 2.31. The molecule has 1 unspecified atom stereocenters. The van der Waals surface area contributed by atoms with Crippen LogP contribution in [0, 0.1) is 11.8 Å². The van der Waals surface area contributed by atoms with Crippen molar-refractivity contribution in [2.75, 3.05) is 30.0 Å². The lowest BCUT2D eigenvalue weighted by molar-refractivity contribution is 0.342. The summed E-state index contributed by atoms with van der Waals surface area (Å²) in [5.74, 6) is 3.88. The van der Waals surface area contributed by atoms with Gasteiger partial charge in [0.1, 0.15) is 17.8 Å². The maximum atomic E-state index is 13.3. The third kappa shape index (κ3) is 4.28. The van der Waals surface area contributed by atoms with Gasteiger partial charge in [0.25, 0.3) is 0 Å². The molecular weight excluding hydrogens is 358 g/mol. The Balaban J connectivity index is 1.39. The van der Waals surface area contributed by atoms with Gasteiger partial charge in [0.15, 0.2) is 0 Å². The minimum Gasteiger partial charge on any atom is -0.356 e. The van der Waals surface area contributed by atoms with Crippen LogP contribution in [0.25, 0.3) is 11.0 Å². The second-order valence-electron chi connectivity index (χ2n) is 8.22. The van der Waals surface area contributed by atoms with Crippen molar-refractivity contribution in [1.29, 1.82) is 0 Å². The van der Waals surface area contributed by atoms with Gasteiger partial charge in [0.2, 0.25) is 0 Å². The molecule has 4 rings (SSSR count). The van der Waals surface area contributed by atoms with Gasteiger partial charge in [-0.15, -0.1) is 0 Å². The average molecular weight is 390 g/mol. The molecule has 0 amide bonds. The molecule has 0 aromatic carbocycles. The first kappa shape index (κ1) is 18.7. The molecule has 2 aliphatic rings. The van der Waals surface area contributed by atoms with Crippen LogP contribution in [0.2, 0.25) is 0 Å². The van der Waals surface area contributed by atoms with Gasteiger partial charge >= 0.3 is 0 Å². The van der Waals surface area contributed by atoms with Crippen LogP contribution in [0.5, 0.6) is 0 Å². The first-order chi connectivity index (χ1) is 13.1. The fourth-order valence-electron chi connectivity index (χ4n) is 4.44. The molecule has 148 valence electrons. The van der Waals surface area contributed by atoms with Gasteiger partial charge in [0.05, 0.1) is 5.39 Å². The summed E-state index contributed by atoms with van der Waals surface area (Å²) < 4.78 is 17.8. The summed E-state index contributed by atoms with van der Waals surface area (Å²) in [4.78, 5) is 14.3. The largest absolute Gasteiger partial charge is 0.356 e. The highest BCUT2D eigenvalue weighted by atomic mass is 32.2. The van der Waals surface area contributed by atoms with E-state index in [2.05, 4.69) is 31.3 Å². The van der Waals surface area contributed by atoms with Gasteiger partial charge in [0, 0.05) is 47.1 Å². The molecule has 0 aliphatic heterocycles. The molecule has 2 aliphatic carbocycles. The van der Waals surface area contributed by atoms with Crippen LogP contribution in [-0.2, 0) is 9.73 Å². The van der Waals surface area contributed by atoms with E-state index < -0.39 is 9.73 Å². The number of hydrogen-bond acceptors (Lipinski definition) is 5. The highest BCUT2D eigenvalue weighted by Crippen LogP contribution is 2.35. The van der Waals surface area contributed by atoms with Gasteiger partial charge in [-0.25, -0.2) is 18.5 Å². The number of fused-ring (bicyclic) bond motifs is 1. The van der Waals surface area contributed by atoms with E-state index in [9.17, 15) is 4.21 Å². The molecule has 1 N–H and O–H groups in total. The van der Waals surface area contributed by atoms with Gasteiger partial charge in [-0.1, -0.05) is 0 Å². The summed E-state index contributed by atoms with van der Waals surface area (Å²) >= 11 is 0. The summed E-state index contributed by atoms with van der Waals surface area (Å²) in [6.45, 7) is 2.70. The number of rotatable bonds is 7. The number of nitrogens with one attached hydrogen (secondary N) is 1. The lowest BCUT2D eigenvalue weighted by Crippen LogP contribution is -2.37. The fraction of sp³-hybridized carbons (Fsp3) is 0.700. The highest BCUT2D eigenvalue weighted by molar-refractivity contribution is 7.93. The number of aromatic nitrogens is 3. The Morgan fingerprint density at radius 2 is 1.81 bits per heavy atom. The van der Waals surface area contributed by atoms with Crippen LogP contribution < -0.4 is 4.90 Å². The van der Waals surface area contributed by atoms with Crippen LogP contribution in [0.15, 0.2) is 23.0 Å². The van der Waals surface area contributed by atoms with Crippen molar-refractivity contribution in [3.05, 3.63) is 18.6 Å². The standard InChI is InChI=1S/C20H31N5OS/c1-3-24-27(26,12-15-4-5-15)13-16-6-8-17(9-7-16)25(2)20-18-10-11-21-19(18)22-14-23-20/h10-11,14-17H,3-9,12-13H2,1-2H3,(H,21,22,23). The van der Waals surface area contributed by atoms with Crippen molar-refractivity contribution in [2.45, 2.75) is 51.5 Å². The summed E-state index contributed by atoms with van der Waals surface area (Å²) in [6.07, 6.45) is 10.6. The monoisotopic (exact) mass is 389 g/mol. The van der Waals surface area contributed by atoms with Gasteiger partial charge in [-0.2, -0.15) is 0 Å². The van der Waals surface area contributed by atoms with Crippen molar-refractivity contribution in [1.82, 2.24) is 15.0 Å². The first-order valence-corrected chi connectivity index (χ1v) is 12.1. The molecule has 27 heavy (non-hydrogen) atoms. The fourth-order valence-corrected chi connectivity index (χ4v) is 7.40. The van der Waals surface area contributed by atoms with Crippen LogP contribution in [0.4, 0.5) is 5.82 Å². The summed E-state index contributed by atoms with van der Waals surface area (Å²) in [6, 6.07) is 2.53. The zero-order valence-electron chi connectivity index (χ0n) is 16.4. The summed E-state index contributed by atoms with van der Waals surface area (Å²) in [5.41, 5.74) is 0.890. The van der Waals surface area contributed by atoms with E-state index in [1.165, 1.54) is 12.8 Å².